The summed E-state index contributed by atoms with van der Waals surface area (Å²) in [5.74, 6) is 0. The number of hydrogen-bond donors (Lipinski definition) is 0. The Morgan fingerprint density at radius 2 is 2.14 bits per heavy atom. The predicted octanol–water partition coefficient (Wildman–Crippen LogP) is 3.45. The van der Waals surface area contributed by atoms with Crippen molar-refractivity contribution in [3.63, 3.8) is 0 Å². The van der Waals surface area contributed by atoms with Gasteiger partial charge in [0.2, 0.25) is 0 Å². The van der Waals surface area contributed by atoms with Gasteiger partial charge in [-0.25, -0.2) is 0 Å². The average Bonchev–Trinajstić information content (AvgIpc) is 2.18. The molecule has 1 aliphatic rings. The highest BCUT2D eigenvalue weighted by Crippen LogP contribution is 2.32. The van der Waals surface area contributed by atoms with Gasteiger partial charge >= 0.3 is 0 Å². The summed E-state index contributed by atoms with van der Waals surface area (Å²) >= 11 is 6.13. The fourth-order valence-corrected chi connectivity index (χ4v) is 2.17. The molecule has 1 aromatic carbocycles. The van der Waals surface area contributed by atoms with Crippen molar-refractivity contribution in [3.05, 3.63) is 35.4 Å². The van der Waals surface area contributed by atoms with E-state index in [1.807, 2.05) is 0 Å². The lowest BCUT2D eigenvalue weighted by Gasteiger charge is -2.27. The van der Waals surface area contributed by atoms with Gasteiger partial charge in [-0.15, -0.1) is 11.6 Å². The molecule has 0 aliphatic carbocycles. The standard InChI is InChI=1S/C12H15ClO/c1-9-4-2-3-5-11(9)12-8-10(13)6-7-14-12/h2-5,10,12H,6-8H2,1H3. The third kappa shape index (κ3) is 2.10. The van der Waals surface area contributed by atoms with Crippen LogP contribution in [0.2, 0.25) is 0 Å². The number of benzene rings is 1. The summed E-state index contributed by atoms with van der Waals surface area (Å²) in [7, 11) is 0. The van der Waals surface area contributed by atoms with Crippen LogP contribution in [-0.4, -0.2) is 12.0 Å². The molecule has 0 spiro atoms. The van der Waals surface area contributed by atoms with E-state index >= 15 is 0 Å². The molecule has 2 unspecified atom stereocenters. The number of halogens is 1. The van der Waals surface area contributed by atoms with E-state index < -0.39 is 0 Å². The van der Waals surface area contributed by atoms with Gasteiger partial charge in [0.15, 0.2) is 0 Å². The SMILES string of the molecule is Cc1ccccc1C1CC(Cl)CCO1. The number of rotatable bonds is 1. The van der Waals surface area contributed by atoms with Crippen molar-refractivity contribution < 1.29 is 4.74 Å². The number of ether oxygens (including phenoxy) is 1. The minimum atomic E-state index is 0.201. The van der Waals surface area contributed by atoms with E-state index in [4.69, 9.17) is 16.3 Å². The third-order valence-corrected chi connectivity index (χ3v) is 3.15. The second kappa shape index (κ2) is 4.33. The third-order valence-electron chi connectivity index (χ3n) is 2.76. The van der Waals surface area contributed by atoms with Crippen LogP contribution in [0.4, 0.5) is 0 Å². The van der Waals surface area contributed by atoms with Gasteiger partial charge in [-0.1, -0.05) is 24.3 Å². The van der Waals surface area contributed by atoms with Crippen LogP contribution < -0.4 is 0 Å². The molecule has 76 valence electrons. The number of aryl methyl sites for hydroxylation is 1. The maximum atomic E-state index is 6.13. The van der Waals surface area contributed by atoms with E-state index in [1.165, 1.54) is 11.1 Å². The van der Waals surface area contributed by atoms with Crippen molar-refractivity contribution in [1.82, 2.24) is 0 Å². The summed E-state index contributed by atoms with van der Waals surface area (Å²) in [4.78, 5) is 0. The molecule has 2 heteroatoms. The molecule has 1 nitrogen and oxygen atoms in total. The smallest absolute Gasteiger partial charge is 0.0841 e. The Kier molecular flexibility index (Phi) is 3.09. The van der Waals surface area contributed by atoms with E-state index in [2.05, 4.69) is 31.2 Å². The molecule has 1 heterocycles. The van der Waals surface area contributed by atoms with Crippen LogP contribution in [0.25, 0.3) is 0 Å². The van der Waals surface area contributed by atoms with Crippen molar-refractivity contribution in [3.8, 4) is 0 Å². The van der Waals surface area contributed by atoms with Gasteiger partial charge in [0.1, 0.15) is 0 Å². The Morgan fingerprint density at radius 3 is 2.86 bits per heavy atom. The van der Waals surface area contributed by atoms with Gasteiger partial charge in [0.25, 0.3) is 0 Å². The summed E-state index contributed by atoms with van der Waals surface area (Å²) in [6.07, 6.45) is 2.11. The summed E-state index contributed by atoms with van der Waals surface area (Å²) < 4.78 is 5.73. The van der Waals surface area contributed by atoms with Crippen molar-refractivity contribution in [1.29, 1.82) is 0 Å². The largest absolute Gasteiger partial charge is 0.373 e. The first kappa shape index (κ1) is 10.0. The van der Waals surface area contributed by atoms with Gasteiger partial charge in [0.05, 0.1) is 6.10 Å². The van der Waals surface area contributed by atoms with Gasteiger partial charge in [-0.2, -0.15) is 0 Å². The van der Waals surface area contributed by atoms with E-state index in [1.54, 1.807) is 0 Å². The first-order valence-corrected chi connectivity index (χ1v) is 5.52. The number of alkyl halides is 1. The van der Waals surface area contributed by atoms with Crippen LogP contribution >= 0.6 is 11.6 Å². The van der Waals surface area contributed by atoms with Gasteiger partial charge in [0, 0.05) is 12.0 Å². The lowest BCUT2D eigenvalue weighted by Crippen LogP contribution is -2.20. The molecular formula is C12H15ClO. The van der Waals surface area contributed by atoms with Crippen molar-refractivity contribution >= 4 is 11.6 Å². The molecular weight excluding hydrogens is 196 g/mol. The summed E-state index contributed by atoms with van der Waals surface area (Å²) in [6.45, 7) is 2.91. The molecule has 1 aromatic rings. The highest BCUT2D eigenvalue weighted by molar-refractivity contribution is 6.20. The highest BCUT2D eigenvalue weighted by atomic mass is 35.5. The average molecular weight is 211 g/mol. The van der Waals surface area contributed by atoms with Crippen LogP contribution in [0, 0.1) is 6.92 Å². The zero-order valence-electron chi connectivity index (χ0n) is 8.37. The number of hydrogen-bond acceptors (Lipinski definition) is 1. The normalized spacial score (nSPS) is 27.6. The molecule has 0 bridgehead atoms. The zero-order valence-corrected chi connectivity index (χ0v) is 9.13. The molecule has 2 atom stereocenters. The molecule has 0 N–H and O–H groups in total. The van der Waals surface area contributed by atoms with Gasteiger partial charge < -0.3 is 4.74 Å². The molecule has 0 aromatic heterocycles. The Hall–Kier alpha value is -0.530. The Morgan fingerprint density at radius 1 is 1.36 bits per heavy atom. The summed E-state index contributed by atoms with van der Waals surface area (Å²) in [5.41, 5.74) is 2.58. The maximum Gasteiger partial charge on any atom is 0.0841 e. The first-order chi connectivity index (χ1) is 6.77. The molecule has 0 saturated carbocycles. The van der Waals surface area contributed by atoms with Crippen LogP contribution in [0.1, 0.15) is 30.1 Å². The van der Waals surface area contributed by atoms with Gasteiger partial charge in [-0.05, 0) is 30.9 Å². The summed E-state index contributed by atoms with van der Waals surface area (Å²) in [6, 6.07) is 8.37. The fraction of sp³-hybridized carbons (Fsp3) is 0.500. The molecule has 1 aliphatic heterocycles. The van der Waals surface area contributed by atoms with E-state index in [-0.39, 0.29) is 11.5 Å². The predicted molar refractivity (Wildman–Crippen MR) is 58.7 cm³/mol. The Bertz CT molecular complexity index is 311. The van der Waals surface area contributed by atoms with E-state index in [0.717, 1.165) is 19.4 Å². The minimum absolute atomic E-state index is 0.201. The highest BCUT2D eigenvalue weighted by Gasteiger charge is 2.22. The Labute approximate surface area is 90.0 Å². The first-order valence-electron chi connectivity index (χ1n) is 5.08. The maximum absolute atomic E-state index is 6.13. The van der Waals surface area contributed by atoms with Crippen LogP contribution in [0.3, 0.4) is 0 Å². The molecule has 14 heavy (non-hydrogen) atoms. The second-order valence-corrected chi connectivity index (χ2v) is 4.45. The van der Waals surface area contributed by atoms with Crippen LogP contribution in [0.5, 0.6) is 0 Å². The van der Waals surface area contributed by atoms with E-state index in [9.17, 15) is 0 Å². The zero-order chi connectivity index (χ0) is 9.97. The quantitative estimate of drug-likeness (QED) is 0.646. The van der Waals surface area contributed by atoms with Gasteiger partial charge in [-0.3, -0.25) is 0 Å². The minimum Gasteiger partial charge on any atom is -0.373 e. The molecule has 2 rings (SSSR count). The van der Waals surface area contributed by atoms with E-state index in [0.29, 0.717) is 0 Å². The fourth-order valence-electron chi connectivity index (χ4n) is 1.92. The van der Waals surface area contributed by atoms with Crippen molar-refractivity contribution in [2.75, 3.05) is 6.61 Å². The Balaban J connectivity index is 2.18. The van der Waals surface area contributed by atoms with Crippen molar-refractivity contribution in [2.45, 2.75) is 31.2 Å². The van der Waals surface area contributed by atoms with Crippen LogP contribution in [-0.2, 0) is 4.74 Å². The topological polar surface area (TPSA) is 9.23 Å². The molecule has 1 saturated heterocycles. The lowest BCUT2D eigenvalue weighted by molar-refractivity contribution is 0.0165. The molecule has 0 radical (unpaired) electrons. The lowest BCUT2D eigenvalue weighted by atomic mass is 9.97. The summed E-state index contributed by atoms with van der Waals surface area (Å²) in [5, 5.41) is 0.272. The second-order valence-electron chi connectivity index (χ2n) is 3.84. The monoisotopic (exact) mass is 210 g/mol. The van der Waals surface area contributed by atoms with Crippen molar-refractivity contribution in [2.24, 2.45) is 0 Å². The molecule has 0 amide bonds. The van der Waals surface area contributed by atoms with Crippen LogP contribution in [0.15, 0.2) is 24.3 Å². The molecule has 1 fully saturated rings.